The zero-order valence-corrected chi connectivity index (χ0v) is 23.8. The second-order valence-corrected chi connectivity index (χ2v) is 12.3. The van der Waals surface area contributed by atoms with Gasteiger partial charge >= 0.3 is 6.03 Å². The van der Waals surface area contributed by atoms with Crippen LogP contribution in [-0.4, -0.2) is 46.1 Å². The summed E-state index contributed by atoms with van der Waals surface area (Å²) in [5, 5.41) is 11.5. The third-order valence-corrected chi connectivity index (χ3v) is 9.34. The fourth-order valence-corrected chi connectivity index (χ4v) is 6.33. The van der Waals surface area contributed by atoms with Gasteiger partial charge in [0.15, 0.2) is 5.82 Å². The average Bonchev–Trinajstić information content (AvgIpc) is 3.61. The molecule has 1 aliphatic heterocycles. The second-order valence-electron chi connectivity index (χ2n) is 12.3. The van der Waals surface area contributed by atoms with Gasteiger partial charge in [-0.25, -0.2) is 4.79 Å². The minimum atomic E-state index is -0.146. The Bertz CT molecular complexity index is 1590. The third-order valence-electron chi connectivity index (χ3n) is 9.34. The lowest BCUT2D eigenvalue weighted by Gasteiger charge is -2.30. The van der Waals surface area contributed by atoms with Crippen LogP contribution in [0, 0.1) is 0 Å². The first-order valence-electron chi connectivity index (χ1n) is 15.6. The van der Waals surface area contributed by atoms with Crippen molar-refractivity contribution in [3.05, 3.63) is 48.3 Å². The number of ether oxygens (including phenoxy) is 2. The van der Waals surface area contributed by atoms with E-state index in [4.69, 9.17) is 19.0 Å². The maximum Gasteiger partial charge on any atom is 0.319 e. The highest BCUT2D eigenvalue weighted by atomic mass is 16.5. The van der Waals surface area contributed by atoms with Crippen LogP contribution in [0.1, 0.15) is 82.0 Å². The SMILES string of the molecule is O=C(Nc1ccc(-c2c(-c3nc(C4CC4)no3)c3ccc(OC4CCOCC4)cc3n2C2CCC2)cc1)NC1CCC1. The Morgan fingerprint density at radius 1 is 0.929 bits per heavy atom. The topological polar surface area (TPSA) is 103 Å². The number of hydrogen-bond donors (Lipinski definition) is 2. The van der Waals surface area contributed by atoms with Crippen LogP contribution in [0.15, 0.2) is 47.0 Å². The van der Waals surface area contributed by atoms with Gasteiger partial charge in [-0.15, -0.1) is 0 Å². The Labute approximate surface area is 245 Å². The molecule has 2 N–H and O–H groups in total. The van der Waals surface area contributed by atoms with Crippen LogP contribution in [0.2, 0.25) is 0 Å². The predicted octanol–water partition coefficient (Wildman–Crippen LogP) is 7.19. The summed E-state index contributed by atoms with van der Waals surface area (Å²) in [6.45, 7) is 1.49. The molecule has 4 aliphatic rings. The molecule has 0 atom stereocenters. The van der Waals surface area contributed by atoms with Crippen LogP contribution < -0.4 is 15.4 Å². The van der Waals surface area contributed by atoms with Crippen molar-refractivity contribution >= 4 is 22.6 Å². The zero-order valence-electron chi connectivity index (χ0n) is 23.8. The third kappa shape index (κ3) is 4.93. The summed E-state index contributed by atoms with van der Waals surface area (Å²) in [5.74, 6) is 2.65. The maximum atomic E-state index is 12.5. The standard InChI is InChI=1S/C33H37N5O4/c39-33(34-22-3-1-4-22)35-23-11-9-20(10-12-23)30-29(32-36-31(37-42-32)21-7-8-21)27-14-13-26(41-25-15-17-40-18-16-25)19-28(27)38(30)24-5-2-6-24/h9-14,19,21-22,24-25H,1-8,15-18H2,(H2,34,35,39). The summed E-state index contributed by atoms with van der Waals surface area (Å²) in [6, 6.07) is 15.1. The first kappa shape index (κ1) is 25.8. The summed E-state index contributed by atoms with van der Waals surface area (Å²) in [4.78, 5) is 17.4. The monoisotopic (exact) mass is 567 g/mol. The Morgan fingerprint density at radius 2 is 1.71 bits per heavy atom. The fourth-order valence-electron chi connectivity index (χ4n) is 6.33. The van der Waals surface area contributed by atoms with E-state index in [1.54, 1.807) is 0 Å². The molecule has 9 heteroatoms. The molecule has 0 spiro atoms. The minimum absolute atomic E-state index is 0.146. The zero-order chi connectivity index (χ0) is 28.0. The molecule has 8 rings (SSSR count). The molecule has 0 bridgehead atoms. The van der Waals surface area contributed by atoms with Crippen LogP contribution in [-0.2, 0) is 4.74 Å². The molecule has 3 saturated carbocycles. The van der Waals surface area contributed by atoms with E-state index in [2.05, 4.69) is 50.7 Å². The largest absolute Gasteiger partial charge is 0.490 e. The highest BCUT2D eigenvalue weighted by Crippen LogP contribution is 2.48. The molecule has 9 nitrogen and oxygen atoms in total. The van der Waals surface area contributed by atoms with Gasteiger partial charge in [0.2, 0.25) is 0 Å². The van der Waals surface area contributed by atoms with Crippen molar-refractivity contribution in [2.45, 2.75) is 88.3 Å². The number of nitrogens with zero attached hydrogens (tertiary/aromatic N) is 3. The van der Waals surface area contributed by atoms with Gasteiger partial charge in [0.05, 0.1) is 30.0 Å². The van der Waals surface area contributed by atoms with Gasteiger partial charge in [-0.1, -0.05) is 17.3 Å². The van der Waals surface area contributed by atoms with Crippen LogP contribution in [0.4, 0.5) is 10.5 Å². The molecule has 3 aliphatic carbocycles. The van der Waals surface area contributed by atoms with Gasteiger partial charge in [-0.3, -0.25) is 0 Å². The first-order chi connectivity index (χ1) is 20.7. The van der Waals surface area contributed by atoms with Crippen LogP contribution in [0.25, 0.3) is 33.6 Å². The molecule has 2 aromatic carbocycles. The number of carbonyl (C=O) groups is 1. The van der Waals surface area contributed by atoms with Gasteiger partial charge in [-0.05, 0) is 81.2 Å². The summed E-state index contributed by atoms with van der Waals surface area (Å²) in [7, 11) is 0. The number of hydrogen-bond acceptors (Lipinski definition) is 6. The molecule has 0 unspecified atom stereocenters. The molecule has 42 heavy (non-hydrogen) atoms. The van der Waals surface area contributed by atoms with Gasteiger partial charge in [-0.2, -0.15) is 4.98 Å². The molecule has 218 valence electrons. The lowest BCUT2D eigenvalue weighted by atomic mass is 9.92. The quantitative estimate of drug-likeness (QED) is 0.234. The van der Waals surface area contributed by atoms with Crippen molar-refractivity contribution in [1.82, 2.24) is 20.0 Å². The molecule has 3 heterocycles. The second kappa shape index (κ2) is 10.8. The Morgan fingerprint density at radius 3 is 2.40 bits per heavy atom. The number of urea groups is 1. The number of rotatable bonds is 8. The first-order valence-corrected chi connectivity index (χ1v) is 15.6. The molecular formula is C33H37N5O4. The number of fused-ring (bicyclic) bond motifs is 1. The van der Waals surface area contributed by atoms with Crippen molar-refractivity contribution in [3.8, 4) is 28.5 Å². The molecule has 4 fully saturated rings. The van der Waals surface area contributed by atoms with Crippen LogP contribution >= 0.6 is 0 Å². The maximum absolute atomic E-state index is 12.5. The normalized spacial score (nSPS) is 19.8. The number of anilines is 1. The van der Waals surface area contributed by atoms with Gasteiger partial charge in [0.1, 0.15) is 11.9 Å². The molecule has 4 aromatic rings. The summed E-state index contributed by atoms with van der Waals surface area (Å²) in [6.07, 6.45) is 11.0. The van der Waals surface area contributed by atoms with Crippen molar-refractivity contribution in [3.63, 3.8) is 0 Å². The predicted molar refractivity (Wildman–Crippen MR) is 160 cm³/mol. The minimum Gasteiger partial charge on any atom is -0.490 e. The smallest absolute Gasteiger partial charge is 0.319 e. The molecule has 0 radical (unpaired) electrons. The summed E-state index contributed by atoms with van der Waals surface area (Å²) in [5.41, 5.74) is 5.00. The number of benzene rings is 2. The van der Waals surface area contributed by atoms with Crippen molar-refractivity contribution in [2.75, 3.05) is 18.5 Å². The lowest BCUT2D eigenvalue weighted by molar-refractivity contribution is 0.0256. The van der Waals surface area contributed by atoms with E-state index in [1.165, 1.54) is 12.8 Å². The van der Waals surface area contributed by atoms with Crippen molar-refractivity contribution in [1.29, 1.82) is 0 Å². The van der Waals surface area contributed by atoms with E-state index in [0.29, 0.717) is 23.9 Å². The lowest BCUT2D eigenvalue weighted by Crippen LogP contribution is -2.41. The van der Waals surface area contributed by atoms with Crippen molar-refractivity contribution < 1.29 is 18.8 Å². The molecule has 2 amide bonds. The number of amides is 2. The number of nitrogens with one attached hydrogen (secondary N) is 2. The van der Waals surface area contributed by atoms with Crippen LogP contribution in [0.5, 0.6) is 5.75 Å². The Kier molecular flexibility index (Phi) is 6.62. The van der Waals surface area contributed by atoms with E-state index in [-0.39, 0.29) is 12.1 Å². The van der Waals surface area contributed by atoms with E-state index in [1.807, 2.05) is 12.1 Å². The van der Waals surface area contributed by atoms with E-state index < -0.39 is 0 Å². The number of aromatic nitrogens is 3. The van der Waals surface area contributed by atoms with E-state index in [9.17, 15) is 4.79 Å². The number of carbonyl (C=O) groups excluding carboxylic acids is 1. The summed E-state index contributed by atoms with van der Waals surface area (Å²) >= 11 is 0. The van der Waals surface area contributed by atoms with Gasteiger partial charge in [0.25, 0.3) is 5.89 Å². The molecule has 2 aromatic heterocycles. The van der Waals surface area contributed by atoms with Gasteiger partial charge < -0.3 is 29.2 Å². The van der Waals surface area contributed by atoms with E-state index in [0.717, 1.165) is 110 Å². The molecular weight excluding hydrogens is 530 g/mol. The van der Waals surface area contributed by atoms with E-state index >= 15 is 0 Å². The highest BCUT2D eigenvalue weighted by molar-refractivity contribution is 6.03. The summed E-state index contributed by atoms with van der Waals surface area (Å²) < 4.78 is 20.4. The van der Waals surface area contributed by atoms with Gasteiger partial charge in [0, 0.05) is 48.0 Å². The fraction of sp³-hybridized carbons (Fsp3) is 0.485. The Hall–Kier alpha value is -3.85. The van der Waals surface area contributed by atoms with Crippen molar-refractivity contribution in [2.24, 2.45) is 0 Å². The highest BCUT2D eigenvalue weighted by Gasteiger charge is 2.33. The molecule has 1 saturated heterocycles. The van der Waals surface area contributed by atoms with Crippen LogP contribution in [0.3, 0.4) is 0 Å². The average molecular weight is 568 g/mol. The Balaban J connectivity index is 1.20.